The molecule has 0 aliphatic rings. The fraction of sp³-hybridized carbons (Fsp3) is 0. The first-order valence-electron chi connectivity index (χ1n) is 6.27. The molecule has 0 saturated carbocycles. The summed E-state index contributed by atoms with van der Waals surface area (Å²) in [5, 5.41) is 24.2. The molecule has 3 rings (SSSR count). The van der Waals surface area contributed by atoms with Gasteiger partial charge in [0.25, 0.3) is 5.75 Å². The van der Waals surface area contributed by atoms with E-state index in [0.717, 1.165) is 33.7 Å². The lowest BCUT2D eigenvalue weighted by Gasteiger charge is -2.07. The van der Waals surface area contributed by atoms with Gasteiger partial charge in [0.2, 0.25) is 6.20 Å². The van der Waals surface area contributed by atoms with E-state index in [-0.39, 0.29) is 11.4 Å². The average molecular weight is 361 g/mol. The van der Waals surface area contributed by atoms with Crippen LogP contribution in [-0.2, 0) is 0 Å². The van der Waals surface area contributed by atoms with Gasteiger partial charge in [-0.2, -0.15) is 4.73 Å². The van der Waals surface area contributed by atoms with Gasteiger partial charge in [-0.1, -0.05) is 28.1 Å². The largest absolute Gasteiger partial charge is 0.619 e. The summed E-state index contributed by atoms with van der Waals surface area (Å²) in [7, 11) is 0. The van der Waals surface area contributed by atoms with Gasteiger partial charge >= 0.3 is 5.69 Å². The van der Waals surface area contributed by atoms with E-state index < -0.39 is 4.92 Å². The standard InChI is InChI=1S/C15H9BrN2O4/c16-12-3-1-11-8-13(4-2-10(11)7-12)22-15-9-17(19)6-5-14(15)18(20)21/h1-9H. The van der Waals surface area contributed by atoms with Crippen molar-refractivity contribution in [2.75, 3.05) is 0 Å². The molecule has 0 saturated heterocycles. The van der Waals surface area contributed by atoms with Crippen molar-refractivity contribution in [2.45, 2.75) is 0 Å². The summed E-state index contributed by atoms with van der Waals surface area (Å²) in [6.07, 6.45) is 2.09. The normalized spacial score (nSPS) is 10.6. The molecule has 0 spiro atoms. The van der Waals surface area contributed by atoms with Crippen LogP contribution in [0.3, 0.4) is 0 Å². The van der Waals surface area contributed by atoms with Crippen LogP contribution in [0, 0.1) is 15.3 Å². The zero-order valence-electron chi connectivity index (χ0n) is 11.1. The van der Waals surface area contributed by atoms with E-state index in [2.05, 4.69) is 15.9 Å². The lowest BCUT2D eigenvalue weighted by atomic mass is 10.1. The van der Waals surface area contributed by atoms with Gasteiger partial charge in [0.1, 0.15) is 5.75 Å². The average Bonchev–Trinajstić information content (AvgIpc) is 2.47. The van der Waals surface area contributed by atoms with E-state index in [1.54, 1.807) is 12.1 Å². The van der Waals surface area contributed by atoms with Gasteiger partial charge in [-0.3, -0.25) is 10.1 Å². The zero-order valence-corrected chi connectivity index (χ0v) is 12.7. The Bertz CT molecular complexity index is 883. The Morgan fingerprint density at radius 3 is 2.59 bits per heavy atom. The van der Waals surface area contributed by atoms with Crippen molar-refractivity contribution in [1.82, 2.24) is 0 Å². The Labute approximate surface area is 133 Å². The molecule has 0 aliphatic heterocycles. The fourth-order valence-electron chi connectivity index (χ4n) is 2.07. The highest BCUT2D eigenvalue weighted by Crippen LogP contribution is 2.31. The molecule has 0 atom stereocenters. The molecule has 6 nitrogen and oxygen atoms in total. The number of nitrogens with zero attached hydrogens (tertiary/aromatic N) is 2. The summed E-state index contributed by atoms with van der Waals surface area (Å²) < 4.78 is 6.93. The Morgan fingerprint density at radius 2 is 1.82 bits per heavy atom. The molecular formula is C15H9BrN2O4. The van der Waals surface area contributed by atoms with Crippen molar-refractivity contribution >= 4 is 32.4 Å². The van der Waals surface area contributed by atoms with Crippen molar-refractivity contribution in [3.8, 4) is 11.5 Å². The highest BCUT2D eigenvalue weighted by Gasteiger charge is 2.19. The number of fused-ring (bicyclic) bond motifs is 1. The summed E-state index contributed by atoms with van der Waals surface area (Å²) in [5.41, 5.74) is -0.261. The smallest absolute Gasteiger partial charge is 0.323 e. The molecule has 0 N–H and O–H groups in total. The van der Waals surface area contributed by atoms with Crippen LogP contribution >= 0.6 is 15.9 Å². The summed E-state index contributed by atoms with van der Waals surface area (Å²) in [6, 6.07) is 12.2. The Hall–Kier alpha value is -2.67. The van der Waals surface area contributed by atoms with Crippen LogP contribution in [0.25, 0.3) is 10.8 Å². The van der Waals surface area contributed by atoms with Crippen LogP contribution in [-0.4, -0.2) is 4.92 Å². The molecule has 0 amide bonds. The number of nitro groups is 1. The number of aromatic nitrogens is 1. The number of pyridine rings is 1. The van der Waals surface area contributed by atoms with Crippen molar-refractivity contribution in [1.29, 1.82) is 0 Å². The zero-order chi connectivity index (χ0) is 15.7. The molecular weight excluding hydrogens is 352 g/mol. The summed E-state index contributed by atoms with van der Waals surface area (Å²) in [6.45, 7) is 0. The number of ether oxygens (including phenoxy) is 1. The lowest BCUT2D eigenvalue weighted by molar-refractivity contribution is -0.606. The number of hydrogen-bond donors (Lipinski definition) is 0. The van der Waals surface area contributed by atoms with Crippen LogP contribution in [0.15, 0.2) is 59.3 Å². The predicted molar refractivity (Wildman–Crippen MR) is 83.8 cm³/mol. The SMILES string of the molecule is O=[N+]([O-])c1cc[n+]([O-])cc1Oc1ccc2cc(Br)ccc2c1. The topological polar surface area (TPSA) is 79.3 Å². The highest BCUT2D eigenvalue weighted by atomic mass is 79.9. The third-order valence-corrected chi connectivity index (χ3v) is 3.57. The number of halogens is 1. The van der Waals surface area contributed by atoms with Gasteiger partial charge in [-0.15, -0.1) is 0 Å². The van der Waals surface area contributed by atoms with Gasteiger partial charge in [-0.25, -0.2) is 0 Å². The van der Waals surface area contributed by atoms with Gasteiger partial charge in [0.15, 0.2) is 6.20 Å². The van der Waals surface area contributed by atoms with E-state index in [0.29, 0.717) is 10.5 Å². The first-order valence-corrected chi connectivity index (χ1v) is 7.06. The van der Waals surface area contributed by atoms with E-state index in [1.165, 1.54) is 0 Å². The van der Waals surface area contributed by atoms with Gasteiger partial charge in [0.05, 0.1) is 11.0 Å². The monoisotopic (exact) mass is 360 g/mol. The Kier molecular flexibility index (Phi) is 3.64. The molecule has 0 bridgehead atoms. The minimum absolute atomic E-state index is 0.0982. The molecule has 1 aromatic heterocycles. The molecule has 0 unspecified atom stereocenters. The van der Waals surface area contributed by atoms with Crippen LogP contribution in [0.1, 0.15) is 0 Å². The molecule has 110 valence electrons. The highest BCUT2D eigenvalue weighted by molar-refractivity contribution is 9.10. The van der Waals surface area contributed by atoms with Gasteiger partial charge < -0.3 is 9.94 Å². The maximum atomic E-state index is 11.3. The Morgan fingerprint density at radius 1 is 1.09 bits per heavy atom. The molecule has 0 fully saturated rings. The second kappa shape index (κ2) is 5.61. The molecule has 1 heterocycles. The van der Waals surface area contributed by atoms with Crippen molar-refractivity contribution in [2.24, 2.45) is 0 Å². The molecule has 0 aliphatic carbocycles. The third kappa shape index (κ3) is 2.84. The number of rotatable bonds is 3. The van der Waals surface area contributed by atoms with Crippen LogP contribution in [0.2, 0.25) is 0 Å². The van der Waals surface area contributed by atoms with Crippen LogP contribution in [0.5, 0.6) is 11.5 Å². The van der Waals surface area contributed by atoms with Gasteiger partial charge in [-0.05, 0) is 35.0 Å². The first kappa shape index (κ1) is 14.3. The summed E-state index contributed by atoms with van der Waals surface area (Å²) in [4.78, 5) is 10.4. The minimum Gasteiger partial charge on any atom is -0.619 e. The third-order valence-electron chi connectivity index (χ3n) is 3.07. The molecule has 22 heavy (non-hydrogen) atoms. The van der Waals surface area contributed by atoms with E-state index in [1.807, 2.05) is 24.3 Å². The van der Waals surface area contributed by atoms with Crippen molar-refractivity contribution < 1.29 is 14.4 Å². The molecule has 0 radical (unpaired) electrons. The van der Waals surface area contributed by atoms with E-state index >= 15 is 0 Å². The minimum atomic E-state index is -0.590. The predicted octanol–water partition coefficient (Wildman–Crippen LogP) is 3.94. The summed E-state index contributed by atoms with van der Waals surface area (Å²) >= 11 is 3.39. The number of hydrogen-bond acceptors (Lipinski definition) is 4. The van der Waals surface area contributed by atoms with E-state index in [4.69, 9.17) is 4.74 Å². The van der Waals surface area contributed by atoms with E-state index in [9.17, 15) is 15.3 Å². The van der Waals surface area contributed by atoms with Crippen molar-refractivity contribution in [3.05, 3.63) is 74.7 Å². The van der Waals surface area contributed by atoms with Crippen molar-refractivity contribution in [3.63, 3.8) is 0 Å². The van der Waals surface area contributed by atoms with Crippen LogP contribution < -0.4 is 9.47 Å². The molecule has 2 aromatic carbocycles. The fourth-order valence-corrected chi connectivity index (χ4v) is 2.44. The lowest BCUT2D eigenvalue weighted by Crippen LogP contribution is -2.24. The van der Waals surface area contributed by atoms with Gasteiger partial charge in [0, 0.05) is 4.47 Å². The second-order valence-electron chi connectivity index (χ2n) is 4.57. The number of benzene rings is 2. The molecule has 3 aromatic rings. The second-order valence-corrected chi connectivity index (χ2v) is 5.48. The maximum Gasteiger partial charge on any atom is 0.323 e. The first-order chi connectivity index (χ1) is 10.5. The quantitative estimate of drug-likeness (QED) is 0.306. The summed E-state index contributed by atoms with van der Waals surface area (Å²) in [5.74, 6) is 0.322. The molecule has 7 heteroatoms. The van der Waals surface area contributed by atoms with Crippen LogP contribution in [0.4, 0.5) is 5.69 Å². The maximum absolute atomic E-state index is 11.3. The Balaban J connectivity index is 2.01.